The maximum absolute atomic E-state index is 11.9. The molecule has 2 atom stereocenters. The van der Waals surface area contributed by atoms with Gasteiger partial charge in [0.1, 0.15) is 13.2 Å². The summed E-state index contributed by atoms with van der Waals surface area (Å²) in [6.45, 7) is 6.66. The van der Waals surface area contributed by atoms with Crippen LogP contribution in [0.1, 0.15) is 149 Å². The van der Waals surface area contributed by atoms with Gasteiger partial charge in [0.15, 0.2) is 0 Å². The summed E-state index contributed by atoms with van der Waals surface area (Å²) in [5.74, 6) is -0.349. The molecule has 0 bridgehead atoms. The summed E-state index contributed by atoms with van der Waals surface area (Å²) in [4.78, 5) is 25.9. The van der Waals surface area contributed by atoms with Crippen molar-refractivity contribution in [2.24, 2.45) is 0 Å². The number of hydrogen-bond donors (Lipinski definition) is 3. The maximum atomic E-state index is 11.9. The van der Waals surface area contributed by atoms with Crippen molar-refractivity contribution in [3.8, 4) is 0 Å². The second kappa shape index (κ2) is 33.6. The highest BCUT2D eigenvalue weighted by atomic mass is 16.5. The van der Waals surface area contributed by atoms with Crippen LogP contribution < -0.4 is 0 Å². The number of nitrogens with zero attached hydrogens (tertiary/aromatic N) is 1. The van der Waals surface area contributed by atoms with Crippen LogP contribution in [-0.2, 0) is 19.1 Å². The summed E-state index contributed by atoms with van der Waals surface area (Å²) in [6.07, 6.45) is 26.4. The van der Waals surface area contributed by atoms with Crippen molar-refractivity contribution in [3.05, 3.63) is 24.3 Å². The van der Waals surface area contributed by atoms with Gasteiger partial charge in [-0.1, -0.05) is 102 Å². The maximum Gasteiger partial charge on any atom is 0.306 e. The molecule has 0 saturated heterocycles. The Morgan fingerprint density at radius 3 is 1.47 bits per heavy atom. The lowest BCUT2D eigenvalue weighted by Gasteiger charge is -2.27. The van der Waals surface area contributed by atoms with E-state index in [1.165, 1.54) is 51.4 Å². The lowest BCUT2D eigenvalue weighted by Crippen LogP contribution is -2.39. The van der Waals surface area contributed by atoms with Crippen molar-refractivity contribution in [2.75, 3.05) is 39.5 Å². The third-order valence-electron chi connectivity index (χ3n) is 7.87. The van der Waals surface area contributed by atoms with E-state index in [4.69, 9.17) is 9.47 Å². The SMILES string of the molecule is CCCCCCC=CCOC(=O)CCCCCC(O)CN(CCCO)CC(O)CCCCCC(=O)OC/C=C\CCCCCC. The number of hydrogen-bond acceptors (Lipinski definition) is 8. The van der Waals surface area contributed by atoms with E-state index in [2.05, 4.69) is 26.0 Å². The molecule has 0 amide bonds. The van der Waals surface area contributed by atoms with Gasteiger partial charge in [0, 0.05) is 39.1 Å². The molecule has 0 fully saturated rings. The first-order valence-electron chi connectivity index (χ1n) is 18.2. The largest absolute Gasteiger partial charge is 0.461 e. The van der Waals surface area contributed by atoms with Crippen molar-refractivity contribution in [3.63, 3.8) is 0 Å². The van der Waals surface area contributed by atoms with E-state index in [0.717, 1.165) is 51.4 Å². The zero-order valence-electron chi connectivity index (χ0n) is 29.0. The minimum Gasteiger partial charge on any atom is -0.461 e. The lowest BCUT2D eigenvalue weighted by atomic mass is 10.1. The van der Waals surface area contributed by atoms with Crippen LogP contribution in [0.4, 0.5) is 0 Å². The second-order valence-corrected chi connectivity index (χ2v) is 12.4. The fourth-order valence-corrected chi connectivity index (χ4v) is 5.16. The highest BCUT2D eigenvalue weighted by Crippen LogP contribution is 2.12. The molecule has 264 valence electrons. The Balaban J connectivity index is 3.98. The molecule has 0 aliphatic rings. The van der Waals surface area contributed by atoms with E-state index in [0.29, 0.717) is 65.0 Å². The first-order chi connectivity index (χ1) is 21.9. The topological polar surface area (TPSA) is 117 Å². The number of rotatable bonds is 33. The highest BCUT2D eigenvalue weighted by molar-refractivity contribution is 5.69. The van der Waals surface area contributed by atoms with Crippen LogP contribution in [0.25, 0.3) is 0 Å². The summed E-state index contributed by atoms with van der Waals surface area (Å²) < 4.78 is 10.5. The molecule has 0 aliphatic carbocycles. The molecular formula is C37H69NO7. The first kappa shape index (κ1) is 43.3. The number of carbonyl (C=O) groups excluding carboxylic acids is 2. The van der Waals surface area contributed by atoms with Gasteiger partial charge in [-0.25, -0.2) is 0 Å². The van der Waals surface area contributed by atoms with Crippen LogP contribution >= 0.6 is 0 Å². The average molecular weight is 640 g/mol. The molecular weight excluding hydrogens is 570 g/mol. The number of aliphatic hydroxyl groups is 3. The number of allylic oxidation sites excluding steroid dienone is 2. The van der Waals surface area contributed by atoms with Crippen LogP contribution in [0.2, 0.25) is 0 Å². The fourth-order valence-electron chi connectivity index (χ4n) is 5.16. The Kier molecular flexibility index (Phi) is 32.3. The fraction of sp³-hybridized carbons (Fsp3) is 0.838. The van der Waals surface area contributed by atoms with Gasteiger partial charge in [0.05, 0.1) is 12.2 Å². The van der Waals surface area contributed by atoms with Gasteiger partial charge in [-0.15, -0.1) is 0 Å². The Hall–Kier alpha value is -1.74. The van der Waals surface area contributed by atoms with Crippen LogP contribution in [-0.4, -0.2) is 83.8 Å². The zero-order valence-corrected chi connectivity index (χ0v) is 29.0. The number of aliphatic hydroxyl groups excluding tert-OH is 3. The molecule has 0 spiro atoms. The Morgan fingerprint density at radius 1 is 0.600 bits per heavy atom. The number of carbonyl (C=O) groups is 2. The van der Waals surface area contributed by atoms with Gasteiger partial charge in [-0.3, -0.25) is 14.5 Å². The first-order valence-corrected chi connectivity index (χ1v) is 18.2. The Bertz CT molecular complexity index is 672. The molecule has 0 saturated carbocycles. The van der Waals surface area contributed by atoms with Crippen molar-refractivity contribution in [1.82, 2.24) is 4.90 Å². The summed E-state index contributed by atoms with van der Waals surface area (Å²) >= 11 is 0. The van der Waals surface area contributed by atoms with E-state index in [1.54, 1.807) is 0 Å². The van der Waals surface area contributed by atoms with Crippen LogP contribution in [0, 0.1) is 0 Å². The molecule has 0 radical (unpaired) electrons. The predicted octanol–water partition coefficient (Wildman–Crippen LogP) is 7.43. The van der Waals surface area contributed by atoms with Gasteiger partial charge in [0.2, 0.25) is 0 Å². The zero-order chi connectivity index (χ0) is 33.2. The van der Waals surface area contributed by atoms with Gasteiger partial charge >= 0.3 is 11.9 Å². The molecule has 0 aliphatic heterocycles. The van der Waals surface area contributed by atoms with Crippen molar-refractivity contribution in [1.29, 1.82) is 0 Å². The van der Waals surface area contributed by atoms with Gasteiger partial charge < -0.3 is 24.8 Å². The molecule has 0 rings (SSSR count). The quantitative estimate of drug-likeness (QED) is 0.0386. The Labute approximate surface area is 275 Å². The van der Waals surface area contributed by atoms with E-state index in [9.17, 15) is 24.9 Å². The van der Waals surface area contributed by atoms with Crippen molar-refractivity contribution < 1.29 is 34.4 Å². The lowest BCUT2D eigenvalue weighted by molar-refractivity contribution is -0.143. The summed E-state index contributed by atoms with van der Waals surface area (Å²) in [7, 11) is 0. The number of esters is 2. The molecule has 0 aromatic carbocycles. The van der Waals surface area contributed by atoms with Crippen molar-refractivity contribution >= 4 is 11.9 Å². The number of ether oxygens (including phenoxy) is 2. The van der Waals surface area contributed by atoms with Crippen LogP contribution in [0.3, 0.4) is 0 Å². The average Bonchev–Trinajstić information content (AvgIpc) is 3.02. The van der Waals surface area contributed by atoms with Gasteiger partial charge in [0.25, 0.3) is 0 Å². The minimum atomic E-state index is -0.521. The third kappa shape index (κ3) is 32.0. The molecule has 8 heteroatoms. The van der Waals surface area contributed by atoms with Crippen molar-refractivity contribution in [2.45, 2.75) is 161 Å². The monoisotopic (exact) mass is 640 g/mol. The molecule has 0 heterocycles. The Morgan fingerprint density at radius 2 is 1.04 bits per heavy atom. The standard InChI is InChI=1S/C37H69NO7/c1-3-5-7-9-11-13-21-30-44-36(42)26-19-15-17-24-34(40)32-38(28-23-29-39)33-35(41)25-18-16-20-27-37(43)45-31-22-14-12-10-8-6-4-2/h13-14,21-22,34-35,39-41H,3-12,15-20,23-33H2,1-2H3/b21-13-,22-14?. The molecule has 0 aromatic rings. The van der Waals surface area contributed by atoms with Gasteiger partial charge in [-0.2, -0.15) is 0 Å². The summed E-state index contributed by atoms with van der Waals surface area (Å²) in [6, 6.07) is 0. The molecule has 45 heavy (non-hydrogen) atoms. The predicted molar refractivity (Wildman–Crippen MR) is 184 cm³/mol. The van der Waals surface area contributed by atoms with E-state index in [-0.39, 0.29) is 18.5 Å². The van der Waals surface area contributed by atoms with Crippen LogP contribution in [0.15, 0.2) is 24.3 Å². The summed E-state index contributed by atoms with van der Waals surface area (Å²) in [5.41, 5.74) is 0. The van der Waals surface area contributed by atoms with Gasteiger partial charge in [-0.05, 0) is 57.8 Å². The second-order valence-electron chi connectivity index (χ2n) is 12.4. The normalized spacial score (nSPS) is 13.2. The smallest absolute Gasteiger partial charge is 0.306 e. The third-order valence-corrected chi connectivity index (χ3v) is 7.87. The minimum absolute atomic E-state index is 0.0678. The molecule has 2 unspecified atom stereocenters. The van der Waals surface area contributed by atoms with E-state index < -0.39 is 12.2 Å². The van der Waals surface area contributed by atoms with E-state index >= 15 is 0 Å². The molecule has 3 N–H and O–H groups in total. The summed E-state index contributed by atoms with van der Waals surface area (Å²) in [5, 5.41) is 30.4. The van der Waals surface area contributed by atoms with E-state index in [1.807, 2.05) is 17.1 Å². The van der Waals surface area contributed by atoms with Crippen LogP contribution in [0.5, 0.6) is 0 Å². The molecule has 0 aromatic heterocycles. The number of unbranched alkanes of at least 4 members (excludes halogenated alkanes) is 12. The molecule has 8 nitrogen and oxygen atoms in total. The highest BCUT2D eigenvalue weighted by Gasteiger charge is 2.16.